The number of hydrogen-bond acceptors (Lipinski definition) is 4. The Morgan fingerprint density at radius 3 is 2.71 bits per heavy atom. The number of sulfonamides is 1. The number of rotatable bonds is 4. The van der Waals surface area contributed by atoms with Gasteiger partial charge in [0.15, 0.2) is 0 Å². The quantitative estimate of drug-likeness (QED) is 0.895. The third-order valence-electron chi connectivity index (χ3n) is 3.40. The Balaban J connectivity index is 2.30. The average molecular weight is 312 g/mol. The molecule has 1 amide bonds. The van der Waals surface area contributed by atoms with E-state index >= 15 is 0 Å². The van der Waals surface area contributed by atoms with Crippen molar-refractivity contribution in [2.75, 3.05) is 20.2 Å². The maximum absolute atomic E-state index is 12.5. The maximum Gasteiger partial charge on any atom is 0.238 e. The molecule has 116 valence electrons. The predicted octanol–water partition coefficient (Wildman–Crippen LogP) is 0.924. The summed E-state index contributed by atoms with van der Waals surface area (Å²) in [5, 5.41) is 5.13. The molecule has 0 saturated heterocycles. The van der Waals surface area contributed by atoms with Gasteiger partial charge in [-0.05, 0) is 24.1 Å². The number of carbonyl (C=O) groups excluding carboxylic acids is 1. The first-order valence-electron chi connectivity index (χ1n) is 6.74. The molecule has 0 aliphatic carbocycles. The van der Waals surface area contributed by atoms with Crippen molar-refractivity contribution in [1.29, 1.82) is 0 Å². The van der Waals surface area contributed by atoms with Gasteiger partial charge in [0.2, 0.25) is 15.9 Å². The minimum atomic E-state index is -3.79. The van der Waals surface area contributed by atoms with Crippen molar-refractivity contribution in [3.05, 3.63) is 23.8 Å². The summed E-state index contributed by atoms with van der Waals surface area (Å²) in [6, 6.07) is 4.37. The van der Waals surface area contributed by atoms with Gasteiger partial charge in [-0.1, -0.05) is 13.8 Å². The molecule has 1 atom stereocenters. The normalized spacial score (nSPS) is 17.5. The highest BCUT2D eigenvalue weighted by atomic mass is 32.2. The number of primary sulfonamides is 1. The fourth-order valence-electron chi connectivity index (χ4n) is 2.48. The van der Waals surface area contributed by atoms with Gasteiger partial charge in [-0.2, -0.15) is 0 Å². The largest absolute Gasteiger partial charge is 0.492 e. The highest BCUT2D eigenvalue weighted by molar-refractivity contribution is 7.89. The van der Waals surface area contributed by atoms with E-state index in [1.165, 1.54) is 12.1 Å². The standard InChI is InChI=1S/C14H20N2O4S/c1-9(2)7-16(3)14(17)12-8-20-13-5-4-10(6-11(12)13)21(15,18)19/h4-6,9,12H,7-8H2,1-3H3,(H2,15,18,19). The van der Waals surface area contributed by atoms with Gasteiger partial charge in [0.1, 0.15) is 18.3 Å². The van der Waals surface area contributed by atoms with E-state index in [9.17, 15) is 13.2 Å². The number of benzene rings is 1. The third kappa shape index (κ3) is 3.36. The summed E-state index contributed by atoms with van der Waals surface area (Å²) < 4.78 is 28.3. The number of hydrogen-bond donors (Lipinski definition) is 1. The molecule has 1 aromatic carbocycles. The summed E-state index contributed by atoms with van der Waals surface area (Å²) in [6.07, 6.45) is 0. The monoisotopic (exact) mass is 312 g/mol. The SMILES string of the molecule is CC(C)CN(C)C(=O)C1COc2ccc(S(N)(=O)=O)cc21. The summed E-state index contributed by atoms with van der Waals surface area (Å²) in [7, 11) is -2.05. The van der Waals surface area contributed by atoms with Crippen molar-refractivity contribution in [2.24, 2.45) is 11.1 Å². The van der Waals surface area contributed by atoms with Gasteiger partial charge in [0, 0.05) is 19.2 Å². The summed E-state index contributed by atoms with van der Waals surface area (Å²) in [6.45, 7) is 4.92. The molecule has 0 spiro atoms. The number of fused-ring (bicyclic) bond motifs is 1. The molecule has 1 aromatic rings. The fourth-order valence-corrected chi connectivity index (χ4v) is 3.03. The highest BCUT2D eigenvalue weighted by Crippen LogP contribution is 2.36. The van der Waals surface area contributed by atoms with Crippen LogP contribution in [0.2, 0.25) is 0 Å². The van der Waals surface area contributed by atoms with E-state index in [0.717, 1.165) is 0 Å². The van der Waals surface area contributed by atoms with Gasteiger partial charge in [-0.15, -0.1) is 0 Å². The molecule has 6 nitrogen and oxygen atoms in total. The Bertz CT molecular complexity index is 655. The van der Waals surface area contributed by atoms with E-state index in [0.29, 0.717) is 23.8 Å². The lowest BCUT2D eigenvalue weighted by molar-refractivity contribution is -0.132. The lowest BCUT2D eigenvalue weighted by atomic mass is 9.99. The maximum atomic E-state index is 12.5. The number of likely N-dealkylation sites (N-methyl/N-ethyl adjacent to an activating group) is 1. The number of ether oxygens (including phenoxy) is 1. The van der Waals surface area contributed by atoms with Crippen LogP contribution < -0.4 is 9.88 Å². The molecule has 7 heteroatoms. The highest BCUT2D eigenvalue weighted by Gasteiger charge is 2.33. The molecule has 0 fully saturated rings. The molecule has 21 heavy (non-hydrogen) atoms. The molecular formula is C14H20N2O4S. The van der Waals surface area contributed by atoms with Gasteiger partial charge in [0.25, 0.3) is 0 Å². The van der Waals surface area contributed by atoms with Crippen molar-refractivity contribution < 1.29 is 17.9 Å². The zero-order valence-corrected chi connectivity index (χ0v) is 13.2. The Morgan fingerprint density at radius 2 is 2.14 bits per heavy atom. The fraction of sp³-hybridized carbons (Fsp3) is 0.500. The molecule has 0 saturated carbocycles. The van der Waals surface area contributed by atoms with Crippen LogP contribution in [0.25, 0.3) is 0 Å². The van der Waals surface area contributed by atoms with E-state index in [1.54, 1.807) is 18.0 Å². The Morgan fingerprint density at radius 1 is 1.48 bits per heavy atom. The van der Waals surface area contributed by atoms with Gasteiger partial charge in [-0.3, -0.25) is 4.79 Å². The van der Waals surface area contributed by atoms with Crippen molar-refractivity contribution >= 4 is 15.9 Å². The van der Waals surface area contributed by atoms with Crippen LogP contribution in [0.1, 0.15) is 25.3 Å². The van der Waals surface area contributed by atoms with Crippen LogP contribution >= 0.6 is 0 Å². The Hall–Kier alpha value is -1.60. The van der Waals surface area contributed by atoms with Crippen LogP contribution in [0, 0.1) is 5.92 Å². The van der Waals surface area contributed by atoms with Gasteiger partial charge in [0.05, 0.1) is 4.90 Å². The Kier molecular flexibility index (Phi) is 4.25. The first-order chi connectivity index (χ1) is 9.70. The second-order valence-corrected chi connectivity index (χ2v) is 7.28. The van der Waals surface area contributed by atoms with Crippen molar-refractivity contribution in [1.82, 2.24) is 4.90 Å². The van der Waals surface area contributed by atoms with Crippen LogP contribution in [0.4, 0.5) is 0 Å². The van der Waals surface area contributed by atoms with Crippen LogP contribution in [0.5, 0.6) is 5.75 Å². The number of carbonyl (C=O) groups is 1. The van der Waals surface area contributed by atoms with Crippen molar-refractivity contribution in [2.45, 2.75) is 24.7 Å². The topological polar surface area (TPSA) is 89.7 Å². The second kappa shape index (κ2) is 5.65. The molecule has 2 N–H and O–H groups in total. The number of amides is 1. The molecule has 0 aromatic heterocycles. The van der Waals surface area contributed by atoms with Crippen LogP contribution in [-0.4, -0.2) is 39.4 Å². The zero-order valence-electron chi connectivity index (χ0n) is 12.4. The van der Waals surface area contributed by atoms with Gasteiger partial charge in [-0.25, -0.2) is 13.6 Å². The first-order valence-corrected chi connectivity index (χ1v) is 8.29. The smallest absolute Gasteiger partial charge is 0.238 e. The summed E-state index contributed by atoms with van der Waals surface area (Å²) in [5.41, 5.74) is 0.585. The molecule has 1 heterocycles. The lowest BCUT2D eigenvalue weighted by Gasteiger charge is -2.22. The number of nitrogens with two attached hydrogens (primary N) is 1. The number of nitrogens with zero attached hydrogens (tertiary/aromatic N) is 1. The molecular weight excluding hydrogens is 292 g/mol. The van der Waals surface area contributed by atoms with E-state index in [4.69, 9.17) is 9.88 Å². The molecule has 0 bridgehead atoms. The summed E-state index contributed by atoms with van der Waals surface area (Å²) in [4.78, 5) is 14.1. The predicted molar refractivity (Wildman–Crippen MR) is 78.5 cm³/mol. The van der Waals surface area contributed by atoms with Crippen LogP contribution in [-0.2, 0) is 14.8 Å². The van der Waals surface area contributed by atoms with E-state index in [-0.39, 0.29) is 17.4 Å². The molecule has 0 radical (unpaired) electrons. The minimum absolute atomic E-state index is 0.00365. The van der Waals surface area contributed by atoms with Gasteiger partial charge >= 0.3 is 0 Å². The third-order valence-corrected chi connectivity index (χ3v) is 4.32. The summed E-state index contributed by atoms with van der Waals surface area (Å²) in [5.74, 6) is 0.342. The average Bonchev–Trinajstić information content (AvgIpc) is 2.78. The van der Waals surface area contributed by atoms with Crippen LogP contribution in [0.3, 0.4) is 0 Å². The molecule has 1 aliphatic rings. The Labute approximate surface area is 124 Å². The second-order valence-electron chi connectivity index (χ2n) is 5.72. The van der Waals surface area contributed by atoms with Crippen LogP contribution in [0.15, 0.2) is 23.1 Å². The first kappa shape index (κ1) is 15.8. The lowest BCUT2D eigenvalue weighted by Crippen LogP contribution is -2.35. The van der Waals surface area contributed by atoms with E-state index < -0.39 is 15.9 Å². The van der Waals surface area contributed by atoms with E-state index in [2.05, 4.69) is 0 Å². The summed E-state index contributed by atoms with van der Waals surface area (Å²) >= 11 is 0. The minimum Gasteiger partial charge on any atom is -0.492 e. The van der Waals surface area contributed by atoms with Crippen molar-refractivity contribution in [3.63, 3.8) is 0 Å². The molecule has 2 rings (SSSR count). The zero-order chi connectivity index (χ0) is 15.8. The van der Waals surface area contributed by atoms with Crippen molar-refractivity contribution in [3.8, 4) is 5.75 Å². The van der Waals surface area contributed by atoms with Gasteiger partial charge < -0.3 is 9.64 Å². The molecule has 1 aliphatic heterocycles. The molecule has 1 unspecified atom stereocenters. The van der Waals surface area contributed by atoms with E-state index in [1.807, 2.05) is 13.8 Å².